The molecule has 0 aliphatic heterocycles. The zero-order valence-corrected chi connectivity index (χ0v) is 6.36. The summed E-state index contributed by atoms with van der Waals surface area (Å²) in [6.45, 7) is 5.58. The van der Waals surface area contributed by atoms with Crippen LogP contribution in [0.2, 0.25) is 0 Å². The molecule has 0 aromatic carbocycles. The highest BCUT2D eigenvalue weighted by atomic mass is 35.5. The lowest BCUT2D eigenvalue weighted by Crippen LogP contribution is -1.59. The second-order valence-corrected chi connectivity index (χ2v) is 2.03. The molecule has 0 aromatic heterocycles. The van der Waals surface area contributed by atoms with Crippen LogP contribution in [0.4, 0.5) is 0 Å². The lowest BCUT2D eigenvalue weighted by molar-refractivity contribution is 1.22. The zero-order chi connectivity index (χ0) is 7.11. The van der Waals surface area contributed by atoms with Crippen LogP contribution >= 0.6 is 11.6 Å². The van der Waals surface area contributed by atoms with Crippen molar-refractivity contribution in [2.75, 3.05) is 0 Å². The molecule has 1 heteroatoms. The summed E-state index contributed by atoms with van der Waals surface area (Å²) in [5, 5.41) is 0.729. The predicted octanol–water partition coefficient (Wildman–Crippen LogP) is 3.26. The van der Waals surface area contributed by atoms with Crippen molar-refractivity contribution in [3.05, 3.63) is 35.9 Å². The summed E-state index contributed by atoms with van der Waals surface area (Å²) in [6.07, 6.45) is 8.31. The normalized spacial score (nSPS) is 12.4. The van der Waals surface area contributed by atoms with Gasteiger partial charge in [-0.25, -0.2) is 0 Å². The van der Waals surface area contributed by atoms with Gasteiger partial charge < -0.3 is 0 Å². The Labute approximate surface area is 61.5 Å². The van der Waals surface area contributed by atoms with Gasteiger partial charge in [0.05, 0.1) is 0 Å². The Balaban J connectivity index is 3.74. The number of halogens is 1. The minimum Gasteiger partial charge on any atom is -0.0990 e. The summed E-state index contributed by atoms with van der Waals surface area (Å²) < 4.78 is 0. The van der Waals surface area contributed by atoms with E-state index in [0.717, 1.165) is 11.5 Å². The fraction of sp³-hybridized carbons (Fsp3) is 0.250. The van der Waals surface area contributed by atoms with Crippen LogP contribution in [0.3, 0.4) is 0 Å². The minimum atomic E-state index is 0.729. The Bertz CT molecular complexity index is 132. The number of hydrogen-bond donors (Lipinski definition) is 0. The van der Waals surface area contributed by atoms with Crippen molar-refractivity contribution in [1.29, 1.82) is 0 Å². The molecule has 50 valence electrons. The smallest absolute Gasteiger partial charge is 0.0402 e. The maximum absolute atomic E-state index is 5.66. The van der Waals surface area contributed by atoms with Gasteiger partial charge in [-0.05, 0) is 18.6 Å². The van der Waals surface area contributed by atoms with E-state index in [-0.39, 0.29) is 0 Å². The van der Waals surface area contributed by atoms with Gasteiger partial charge >= 0.3 is 0 Å². The zero-order valence-electron chi connectivity index (χ0n) is 5.60. The van der Waals surface area contributed by atoms with E-state index in [4.69, 9.17) is 11.6 Å². The molecule has 0 fully saturated rings. The second kappa shape index (κ2) is 5.64. The van der Waals surface area contributed by atoms with E-state index >= 15 is 0 Å². The van der Waals surface area contributed by atoms with Crippen LogP contribution in [-0.2, 0) is 0 Å². The van der Waals surface area contributed by atoms with E-state index in [1.807, 2.05) is 12.2 Å². The predicted molar refractivity (Wildman–Crippen MR) is 43.6 cm³/mol. The molecule has 0 N–H and O–H groups in total. The van der Waals surface area contributed by atoms with Crippen molar-refractivity contribution in [3.8, 4) is 0 Å². The van der Waals surface area contributed by atoms with Crippen LogP contribution in [0, 0.1) is 0 Å². The van der Waals surface area contributed by atoms with E-state index in [1.165, 1.54) is 0 Å². The first-order valence-corrected chi connectivity index (χ1v) is 3.33. The molecule has 0 spiro atoms. The standard InChI is InChI=1S/C8H11Cl/c1-3-5-7-8(9)6-4-2/h4-7H,2-3H2,1H3/b7-5+,8-6+. The first kappa shape index (κ1) is 8.51. The van der Waals surface area contributed by atoms with E-state index in [9.17, 15) is 0 Å². The second-order valence-electron chi connectivity index (χ2n) is 1.60. The highest BCUT2D eigenvalue weighted by molar-refractivity contribution is 6.31. The molecular weight excluding hydrogens is 132 g/mol. The van der Waals surface area contributed by atoms with Gasteiger partial charge in [0.15, 0.2) is 0 Å². The molecule has 0 amide bonds. The Kier molecular flexibility index (Phi) is 5.34. The summed E-state index contributed by atoms with van der Waals surface area (Å²) in [5.74, 6) is 0. The molecule has 0 radical (unpaired) electrons. The van der Waals surface area contributed by atoms with E-state index in [0.29, 0.717) is 0 Å². The van der Waals surface area contributed by atoms with Crippen molar-refractivity contribution in [3.63, 3.8) is 0 Å². The molecule has 0 heterocycles. The monoisotopic (exact) mass is 142 g/mol. The summed E-state index contributed by atoms with van der Waals surface area (Å²) in [7, 11) is 0. The summed E-state index contributed by atoms with van der Waals surface area (Å²) in [6, 6.07) is 0. The third kappa shape index (κ3) is 5.38. The topological polar surface area (TPSA) is 0 Å². The maximum atomic E-state index is 5.66. The van der Waals surface area contributed by atoms with Gasteiger partial charge in [-0.15, -0.1) is 0 Å². The Morgan fingerprint density at radius 3 is 2.78 bits per heavy atom. The molecule has 9 heavy (non-hydrogen) atoms. The highest BCUT2D eigenvalue weighted by Crippen LogP contribution is 2.02. The van der Waals surface area contributed by atoms with Crippen LogP contribution in [-0.4, -0.2) is 0 Å². The largest absolute Gasteiger partial charge is 0.0990 e. The van der Waals surface area contributed by atoms with Crippen LogP contribution in [0.5, 0.6) is 0 Å². The van der Waals surface area contributed by atoms with Crippen LogP contribution in [0.15, 0.2) is 35.9 Å². The van der Waals surface area contributed by atoms with Crippen LogP contribution in [0.1, 0.15) is 13.3 Å². The third-order valence-corrected chi connectivity index (χ3v) is 1.04. The van der Waals surface area contributed by atoms with Crippen molar-refractivity contribution in [1.82, 2.24) is 0 Å². The first-order chi connectivity index (χ1) is 4.31. The van der Waals surface area contributed by atoms with Crippen LogP contribution < -0.4 is 0 Å². The van der Waals surface area contributed by atoms with Gasteiger partial charge in [-0.3, -0.25) is 0 Å². The van der Waals surface area contributed by atoms with E-state index in [2.05, 4.69) is 13.5 Å². The molecular formula is C8H11Cl. The molecule has 0 aliphatic carbocycles. The lowest BCUT2D eigenvalue weighted by atomic mass is 10.4. The summed E-state index contributed by atoms with van der Waals surface area (Å²) in [4.78, 5) is 0. The molecule has 0 aliphatic rings. The fourth-order valence-electron chi connectivity index (χ4n) is 0.399. The van der Waals surface area contributed by atoms with Gasteiger partial charge in [-0.2, -0.15) is 0 Å². The molecule has 0 nitrogen and oxygen atoms in total. The molecule has 0 saturated heterocycles. The average Bonchev–Trinajstić information content (AvgIpc) is 1.85. The maximum Gasteiger partial charge on any atom is 0.0402 e. The Morgan fingerprint density at radius 2 is 2.33 bits per heavy atom. The molecule has 0 saturated carbocycles. The van der Waals surface area contributed by atoms with Crippen molar-refractivity contribution in [2.24, 2.45) is 0 Å². The average molecular weight is 143 g/mol. The first-order valence-electron chi connectivity index (χ1n) is 2.96. The van der Waals surface area contributed by atoms with Crippen molar-refractivity contribution >= 4 is 11.6 Å². The van der Waals surface area contributed by atoms with Crippen LogP contribution in [0.25, 0.3) is 0 Å². The minimum absolute atomic E-state index is 0.729. The molecule has 0 aromatic rings. The van der Waals surface area contributed by atoms with Gasteiger partial charge in [0, 0.05) is 5.03 Å². The van der Waals surface area contributed by atoms with Crippen molar-refractivity contribution in [2.45, 2.75) is 13.3 Å². The Hall–Kier alpha value is -0.490. The highest BCUT2D eigenvalue weighted by Gasteiger charge is 1.77. The molecule has 0 atom stereocenters. The third-order valence-electron chi connectivity index (χ3n) is 0.790. The van der Waals surface area contributed by atoms with Gasteiger partial charge in [0.25, 0.3) is 0 Å². The van der Waals surface area contributed by atoms with Gasteiger partial charge in [0.1, 0.15) is 0 Å². The van der Waals surface area contributed by atoms with E-state index < -0.39 is 0 Å². The Morgan fingerprint density at radius 1 is 1.67 bits per heavy atom. The number of allylic oxidation sites excluding steroid dienone is 5. The SMILES string of the molecule is C=C/C=C(Cl)\C=C\CC. The summed E-state index contributed by atoms with van der Waals surface area (Å²) in [5.41, 5.74) is 0. The molecule has 0 rings (SSSR count). The fourth-order valence-corrected chi connectivity index (χ4v) is 0.577. The molecule has 0 bridgehead atoms. The van der Waals surface area contributed by atoms with Crippen molar-refractivity contribution < 1.29 is 0 Å². The lowest BCUT2D eigenvalue weighted by Gasteiger charge is -1.82. The van der Waals surface area contributed by atoms with E-state index in [1.54, 1.807) is 12.2 Å². The van der Waals surface area contributed by atoms with Gasteiger partial charge in [-0.1, -0.05) is 37.3 Å². The quantitative estimate of drug-likeness (QED) is 0.531. The summed E-state index contributed by atoms with van der Waals surface area (Å²) >= 11 is 5.66. The molecule has 0 unspecified atom stereocenters. The van der Waals surface area contributed by atoms with Gasteiger partial charge in [0.2, 0.25) is 0 Å². The number of hydrogen-bond acceptors (Lipinski definition) is 0. The number of rotatable bonds is 3.